The highest BCUT2D eigenvalue weighted by Crippen LogP contribution is 2.26. The van der Waals surface area contributed by atoms with Gasteiger partial charge in [-0.05, 0) is 30.0 Å². The van der Waals surface area contributed by atoms with E-state index in [1.807, 2.05) is 29.6 Å². The maximum atomic E-state index is 9.59. The van der Waals surface area contributed by atoms with Crippen LogP contribution in [0.2, 0.25) is 0 Å². The minimum absolute atomic E-state index is 0.259. The number of pyridine rings is 1. The first-order chi connectivity index (χ1) is 10.8. The van der Waals surface area contributed by atoms with Crippen LogP contribution in [0.15, 0.2) is 40.4 Å². The molecule has 1 saturated heterocycles. The number of hydrogen-bond acceptors (Lipinski definition) is 7. The molecule has 3 aromatic heterocycles. The third-order valence-electron chi connectivity index (χ3n) is 3.65. The lowest BCUT2D eigenvalue weighted by atomic mass is 10.3. The van der Waals surface area contributed by atoms with Crippen molar-refractivity contribution < 1.29 is 9.63 Å². The van der Waals surface area contributed by atoms with Crippen LogP contribution in [0.25, 0.3) is 22.2 Å². The second-order valence-corrected chi connectivity index (χ2v) is 6.14. The fourth-order valence-electron chi connectivity index (χ4n) is 2.50. The zero-order valence-corrected chi connectivity index (χ0v) is 12.5. The number of β-amino-alcohol motifs (C(OH)–C–C–N with tert-alkyl or cyclic N) is 1. The Morgan fingerprint density at radius 2 is 2.27 bits per heavy atom. The summed E-state index contributed by atoms with van der Waals surface area (Å²) < 4.78 is 5.31. The first-order valence-corrected chi connectivity index (χ1v) is 7.94. The van der Waals surface area contributed by atoms with Gasteiger partial charge in [-0.25, -0.2) is 4.98 Å². The van der Waals surface area contributed by atoms with Crippen LogP contribution in [0.4, 0.5) is 5.82 Å². The van der Waals surface area contributed by atoms with Crippen molar-refractivity contribution in [2.75, 3.05) is 18.0 Å². The van der Waals surface area contributed by atoms with Gasteiger partial charge in [0.1, 0.15) is 5.82 Å². The lowest BCUT2D eigenvalue weighted by molar-refractivity contribution is 0.198. The number of rotatable bonds is 3. The minimum atomic E-state index is -0.259. The van der Waals surface area contributed by atoms with Gasteiger partial charge in [0.2, 0.25) is 5.82 Å². The summed E-state index contributed by atoms with van der Waals surface area (Å²) in [4.78, 5) is 11.9. The molecule has 3 aromatic rings. The fourth-order valence-corrected chi connectivity index (χ4v) is 3.15. The molecule has 4 rings (SSSR count). The van der Waals surface area contributed by atoms with Gasteiger partial charge < -0.3 is 14.5 Å². The van der Waals surface area contributed by atoms with E-state index in [0.29, 0.717) is 18.3 Å². The zero-order valence-electron chi connectivity index (χ0n) is 11.7. The van der Waals surface area contributed by atoms with Crippen molar-refractivity contribution in [3.05, 3.63) is 35.8 Å². The van der Waals surface area contributed by atoms with E-state index in [4.69, 9.17) is 4.52 Å². The normalized spacial score (nSPS) is 18.0. The van der Waals surface area contributed by atoms with E-state index in [0.717, 1.165) is 29.2 Å². The summed E-state index contributed by atoms with van der Waals surface area (Å²) >= 11 is 1.57. The molecule has 0 bridgehead atoms. The lowest BCUT2D eigenvalue weighted by Crippen LogP contribution is -2.21. The molecule has 1 aliphatic heterocycles. The third-order valence-corrected chi connectivity index (χ3v) is 4.52. The third kappa shape index (κ3) is 2.49. The topological polar surface area (TPSA) is 75.3 Å². The second-order valence-electron chi connectivity index (χ2n) is 5.19. The van der Waals surface area contributed by atoms with Gasteiger partial charge in [-0.1, -0.05) is 11.2 Å². The summed E-state index contributed by atoms with van der Waals surface area (Å²) in [7, 11) is 0. The van der Waals surface area contributed by atoms with Crippen LogP contribution >= 0.6 is 11.3 Å². The van der Waals surface area contributed by atoms with E-state index in [9.17, 15) is 5.11 Å². The maximum Gasteiger partial charge on any atom is 0.259 e. The molecule has 6 nitrogen and oxygen atoms in total. The molecule has 7 heteroatoms. The quantitative estimate of drug-likeness (QED) is 0.800. The van der Waals surface area contributed by atoms with Crippen LogP contribution in [0.1, 0.15) is 6.42 Å². The highest BCUT2D eigenvalue weighted by molar-refractivity contribution is 7.13. The molecule has 112 valence electrons. The predicted molar refractivity (Wildman–Crippen MR) is 83.7 cm³/mol. The Bertz CT molecular complexity index is 754. The molecule has 0 amide bonds. The molecule has 22 heavy (non-hydrogen) atoms. The van der Waals surface area contributed by atoms with Crippen molar-refractivity contribution in [3.63, 3.8) is 0 Å². The molecule has 1 N–H and O–H groups in total. The van der Waals surface area contributed by atoms with Gasteiger partial charge >= 0.3 is 0 Å². The first kappa shape index (κ1) is 13.4. The Morgan fingerprint density at radius 1 is 1.32 bits per heavy atom. The summed E-state index contributed by atoms with van der Waals surface area (Å²) in [6.07, 6.45) is 2.26. The summed E-state index contributed by atoms with van der Waals surface area (Å²) in [6.45, 7) is 1.46. The first-order valence-electron chi connectivity index (χ1n) is 7.06. The summed E-state index contributed by atoms with van der Waals surface area (Å²) in [6, 6.07) is 7.75. The van der Waals surface area contributed by atoms with E-state index in [-0.39, 0.29) is 6.10 Å². The van der Waals surface area contributed by atoms with E-state index in [2.05, 4.69) is 20.0 Å². The smallest absolute Gasteiger partial charge is 0.259 e. The Balaban J connectivity index is 1.56. The van der Waals surface area contributed by atoms with Gasteiger partial charge in [0.05, 0.1) is 16.5 Å². The van der Waals surface area contributed by atoms with Crippen molar-refractivity contribution in [1.29, 1.82) is 0 Å². The Labute approximate surface area is 131 Å². The summed E-state index contributed by atoms with van der Waals surface area (Å²) in [5, 5.41) is 15.6. The number of aliphatic hydroxyl groups is 1. The number of anilines is 1. The van der Waals surface area contributed by atoms with E-state index in [1.54, 1.807) is 17.5 Å². The fraction of sp³-hybridized carbons (Fsp3) is 0.267. The molecular formula is C15H14N4O2S. The average Bonchev–Trinajstić information content (AvgIpc) is 3.28. The molecule has 1 aliphatic rings. The van der Waals surface area contributed by atoms with Gasteiger partial charge in [0.25, 0.3) is 5.89 Å². The molecule has 1 fully saturated rings. The highest BCUT2D eigenvalue weighted by Gasteiger charge is 2.21. The molecule has 0 radical (unpaired) electrons. The Kier molecular flexibility index (Phi) is 3.36. The highest BCUT2D eigenvalue weighted by atomic mass is 32.1. The number of aliphatic hydroxyl groups excluding tert-OH is 1. The SMILES string of the molecule is OC1CCN(c2ccc(-c3nc(-c4cccs4)no3)cn2)C1. The molecule has 1 unspecified atom stereocenters. The van der Waals surface area contributed by atoms with Gasteiger partial charge in [-0.15, -0.1) is 11.3 Å². The predicted octanol–water partition coefficient (Wildman–Crippen LogP) is 2.43. The second kappa shape index (κ2) is 5.51. The summed E-state index contributed by atoms with van der Waals surface area (Å²) in [5.41, 5.74) is 0.791. The van der Waals surface area contributed by atoms with Crippen molar-refractivity contribution in [1.82, 2.24) is 15.1 Å². The molecule has 1 atom stereocenters. The number of nitrogens with zero attached hydrogens (tertiary/aromatic N) is 4. The number of hydrogen-bond donors (Lipinski definition) is 1. The number of thiophene rings is 1. The van der Waals surface area contributed by atoms with Crippen LogP contribution in [0.5, 0.6) is 0 Å². The molecule has 0 aromatic carbocycles. The van der Waals surface area contributed by atoms with Gasteiger partial charge in [0.15, 0.2) is 0 Å². The Hall–Kier alpha value is -2.25. The monoisotopic (exact) mass is 314 g/mol. The van der Waals surface area contributed by atoms with E-state index >= 15 is 0 Å². The summed E-state index contributed by atoms with van der Waals surface area (Å²) in [5.74, 6) is 1.92. The van der Waals surface area contributed by atoms with Crippen molar-refractivity contribution in [2.45, 2.75) is 12.5 Å². The van der Waals surface area contributed by atoms with Crippen molar-refractivity contribution in [2.24, 2.45) is 0 Å². The van der Waals surface area contributed by atoms with Crippen molar-refractivity contribution in [3.8, 4) is 22.2 Å². The molecular weight excluding hydrogens is 300 g/mol. The lowest BCUT2D eigenvalue weighted by Gasteiger charge is -2.16. The zero-order chi connectivity index (χ0) is 14.9. The van der Waals surface area contributed by atoms with E-state index < -0.39 is 0 Å². The Morgan fingerprint density at radius 3 is 2.95 bits per heavy atom. The largest absolute Gasteiger partial charge is 0.391 e. The standard InChI is InChI=1S/C15H14N4O2S/c20-11-5-6-19(9-11)13-4-3-10(8-16-13)15-17-14(18-21-15)12-2-1-7-22-12/h1-4,7-8,11,20H,5-6,9H2. The van der Waals surface area contributed by atoms with Crippen molar-refractivity contribution >= 4 is 17.2 Å². The van der Waals surface area contributed by atoms with Crippen LogP contribution in [-0.4, -0.2) is 39.4 Å². The minimum Gasteiger partial charge on any atom is -0.391 e. The molecule has 0 spiro atoms. The molecule has 0 aliphatic carbocycles. The van der Waals surface area contributed by atoms with Crippen LogP contribution < -0.4 is 4.90 Å². The average molecular weight is 314 g/mol. The van der Waals surface area contributed by atoms with Gasteiger partial charge in [-0.3, -0.25) is 0 Å². The van der Waals surface area contributed by atoms with Crippen LogP contribution in [0, 0.1) is 0 Å². The van der Waals surface area contributed by atoms with E-state index in [1.165, 1.54) is 0 Å². The molecule has 0 saturated carbocycles. The molecule has 4 heterocycles. The van der Waals surface area contributed by atoms with Gasteiger partial charge in [-0.2, -0.15) is 4.98 Å². The van der Waals surface area contributed by atoms with Crippen LogP contribution in [0.3, 0.4) is 0 Å². The van der Waals surface area contributed by atoms with Gasteiger partial charge in [0, 0.05) is 19.3 Å². The van der Waals surface area contributed by atoms with Crippen LogP contribution in [-0.2, 0) is 0 Å². The maximum absolute atomic E-state index is 9.59. The number of aromatic nitrogens is 3.